The quantitative estimate of drug-likeness (QED) is 0.740. The number of nitrogens with zero attached hydrogens (tertiary/aromatic N) is 1. The Kier molecular flexibility index (Phi) is 4.11. The van der Waals surface area contributed by atoms with E-state index in [0.29, 0.717) is 0 Å². The molecule has 1 aromatic rings. The monoisotopic (exact) mass is 193 g/mol. The van der Waals surface area contributed by atoms with Crippen LogP contribution >= 0.6 is 0 Å². The first-order valence-electron chi connectivity index (χ1n) is 5.06. The Bertz CT molecular complexity index is 258. The zero-order valence-electron chi connectivity index (χ0n) is 9.14. The highest BCUT2D eigenvalue weighted by atomic mass is 16.3. The van der Waals surface area contributed by atoms with E-state index in [-0.39, 0.29) is 5.92 Å². The molecule has 0 aliphatic carbocycles. The molecule has 0 aliphatic rings. The molecule has 78 valence electrons. The van der Waals surface area contributed by atoms with Crippen molar-refractivity contribution in [2.75, 3.05) is 14.1 Å². The fourth-order valence-corrected chi connectivity index (χ4v) is 1.68. The van der Waals surface area contributed by atoms with Crippen molar-refractivity contribution in [1.29, 1.82) is 0 Å². The Hall–Kier alpha value is -0.860. The summed E-state index contributed by atoms with van der Waals surface area (Å²) in [5, 5.41) is 9.97. The first-order chi connectivity index (χ1) is 6.66. The molecule has 0 bridgehead atoms. The van der Waals surface area contributed by atoms with Gasteiger partial charge in [0.1, 0.15) is 6.23 Å². The first-order valence-corrected chi connectivity index (χ1v) is 5.06. The predicted octanol–water partition coefficient (Wildman–Crippen LogP) is 2.06. The molecule has 0 spiro atoms. The zero-order valence-corrected chi connectivity index (χ0v) is 9.14. The molecule has 2 nitrogen and oxygen atoms in total. The number of hydrogen-bond acceptors (Lipinski definition) is 2. The Morgan fingerprint density at radius 3 is 2.21 bits per heavy atom. The van der Waals surface area contributed by atoms with Gasteiger partial charge >= 0.3 is 0 Å². The topological polar surface area (TPSA) is 23.5 Å². The van der Waals surface area contributed by atoms with E-state index < -0.39 is 6.23 Å². The summed E-state index contributed by atoms with van der Waals surface area (Å²) in [7, 11) is 3.80. The molecular formula is C12H19NO. The normalized spacial score (nSPS) is 15.5. The van der Waals surface area contributed by atoms with E-state index in [1.165, 1.54) is 5.56 Å². The molecule has 14 heavy (non-hydrogen) atoms. The summed E-state index contributed by atoms with van der Waals surface area (Å²) in [6, 6.07) is 10.2. The van der Waals surface area contributed by atoms with Crippen LogP contribution in [0, 0.1) is 0 Å². The maximum absolute atomic E-state index is 9.97. The largest absolute Gasteiger partial charge is 0.378 e. The molecule has 0 heterocycles. The van der Waals surface area contributed by atoms with Crippen molar-refractivity contribution in [2.24, 2.45) is 0 Å². The van der Waals surface area contributed by atoms with Crippen LogP contribution in [0.1, 0.15) is 24.8 Å². The number of benzene rings is 1. The SMILES string of the molecule is CCC(c1ccccc1)C(O)N(C)C. The van der Waals surface area contributed by atoms with Crippen LogP contribution in [0.3, 0.4) is 0 Å². The van der Waals surface area contributed by atoms with Crippen molar-refractivity contribution < 1.29 is 5.11 Å². The lowest BCUT2D eigenvalue weighted by molar-refractivity contribution is 0.0153. The Morgan fingerprint density at radius 2 is 1.79 bits per heavy atom. The summed E-state index contributed by atoms with van der Waals surface area (Å²) in [6.07, 6.45) is 0.547. The fraction of sp³-hybridized carbons (Fsp3) is 0.500. The average Bonchev–Trinajstić information content (AvgIpc) is 2.20. The van der Waals surface area contributed by atoms with E-state index in [2.05, 4.69) is 19.1 Å². The van der Waals surface area contributed by atoms with Crippen LogP contribution in [0.2, 0.25) is 0 Å². The molecular weight excluding hydrogens is 174 g/mol. The minimum Gasteiger partial charge on any atom is -0.378 e. The van der Waals surface area contributed by atoms with Gasteiger partial charge in [-0.1, -0.05) is 37.3 Å². The molecule has 0 aliphatic heterocycles. The minimum atomic E-state index is -0.401. The number of rotatable bonds is 4. The lowest BCUT2D eigenvalue weighted by atomic mass is 9.94. The highest BCUT2D eigenvalue weighted by Gasteiger charge is 2.20. The third-order valence-electron chi connectivity index (χ3n) is 2.56. The van der Waals surface area contributed by atoms with Gasteiger partial charge in [0.2, 0.25) is 0 Å². The van der Waals surface area contributed by atoms with Crippen LogP contribution in [0.5, 0.6) is 0 Å². The van der Waals surface area contributed by atoms with Crippen molar-refractivity contribution >= 4 is 0 Å². The third kappa shape index (κ3) is 2.56. The van der Waals surface area contributed by atoms with Crippen LogP contribution < -0.4 is 0 Å². The molecule has 0 saturated carbocycles. The van der Waals surface area contributed by atoms with Crippen LogP contribution in [0.15, 0.2) is 30.3 Å². The van der Waals surface area contributed by atoms with Crippen molar-refractivity contribution in [3.05, 3.63) is 35.9 Å². The maximum Gasteiger partial charge on any atom is 0.113 e. The van der Waals surface area contributed by atoms with Crippen LogP contribution in [0.25, 0.3) is 0 Å². The molecule has 0 radical (unpaired) electrons. The van der Waals surface area contributed by atoms with Gasteiger partial charge in [-0.25, -0.2) is 0 Å². The molecule has 1 aromatic carbocycles. The summed E-state index contributed by atoms with van der Waals surface area (Å²) >= 11 is 0. The molecule has 0 fully saturated rings. The van der Waals surface area contributed by atoms with Gasteiger partial charge in [-0.3, -0.25) is 4.90 Å². The smallest absolute Gasteiger partial charge is 0.113 e. The van der Waals surface area contributed by atoms with E-state index in [4.69, 9.17) is 0 Å². The van der Waals surface area contributed by atoms with Crippen molar-refractivity contribution in [3.8, 4) is 0 Å². The van der Waals surface area contributed by atoms with Crippen LogP contribution in [-0.4, -0.2) is 30.3 Å². The summed E-state index contributed by atoms with van der Waals surface area (Å²) in [6.45, 7) is 2.10. The van der Waals surface area contributed by atoms with Crippen molar-refractivity contribution in [2.45, 2.75) is 25.5 Å². The number of likely N-dealkylation sites (N-methyl/N-ethyl adjacent to an activating group) is 1. The second-order valence-electron chi connectivity index (χ2n) is 3.80. The van der Waals surface area contributed by atoms with E-state index in [1.54, 1.807) is 0 Å². The Morgan fingerprint density at radius 1 is 1.21 bits per heavy atom. The number of aliphatic hydroxyl groups excluding tert-OH is 1. The summed E-state index contributed by atoms with van der Waals surface area (Å²) < 4.78 is 0. The molecule has 1 N–H and O–H groups in total. The van der Waals surface area contributed by atoms with Gasteiger partial charge in [-0.05, 0) is 26.1 Å². The fourth-order valence-electron chi connectivity index (χ4n) is 1.68. The van der Waals surface area contributed by atoms with E-state index in [0.717, 1.165) is 6.42 Å². The van der Waals surface area contributed by atoms with Gasteiger partial charge in [-0.2, -0.15) is 0 Å². The predicted molar refractivity (Wildman–Crippen MR) is 59.2 cm³/mol. The van der Waals surface area contributed by atoms with Gasteiger partial charge < -0.3 is 5.11 Å². The molecule has 0 saturated heterocycles. The van der Waals surface area contributed by atoms with E-state index >= 15 is 0 Å². The van der Waals surface area contributed by atoms with E-state index in [1.807, 2.05) is 37.2 Å². The summed E-state index contributed by atoms with van der Waals surface area (Å²) in [4.78, 5) is 1.85. The zero-order chi connectivity index (χ0) is 10.6. The number of hydrogen-bond donors (Lipinski definition) is 1. The number of aliphatic hydroxyl groups is 1. The van der Waals surface area contributed by atoms with Crippen molar-refractivity contribution in [3.63, 3.8) is 0 Å². The molecule has 2 heteroatoms. The lowest BCUT2D eigenvalue weighted by Crippen LogP contribution is -2.33. The second kappa shape index (κ2) is 5.13. The summed E-state index contributed by atoms with van der Waals surface area (Å²) in [5.41, 5.74) is 1.20. The third-order valence-corrected chi connectivity index (χ3v) is 2.56. The second-order valence-corrected chi connectivity index (χ2v) is 3.80. The molecule has 0 aromatic heterocycles. The highest BCUT2D eigenvalue weighted by Crippen LogP contribution is 2.23. The van der Waals surface area contributed by atoms with Crippen LogP contribution in [0.4, 0.5) is 0 Å². The molecule has 2 atom stereocenters. The highest BCUT2D eigenvalue weighted by molar-refractivity contribution is 5.20. The van der Waals surface area contributed by atoms with Gasteiger partial charge in [0.25, 0.3) is 0 Å². The Labute approximate surface area is 86.2 Å². The maximum atomic E-state index is 9.97. The summed E-state index contributed by atoms with van der Waals surface area (Å²) in [5.74, 6) is 0.200. The van der Waals surface area contributed by atoms with Gasteiger partial charge in [0.05, 0.1) is 0 Å². The van der Waals surface area contributed by atoms with Gasteiger partial charge in [-0.15, -0.1) is 0 Å². The minimum absolute atomic E-state index is 0.200. The van der Waals surface area contributed by atoms with Gasteiger partial charge in [0.15, 0.2) is 0 Å². The molecule has 0 amide bonds. The average molecular weight is 193 g/mol. The lowest BCUT2D eigenvalue weighted by Gasteiger charge is -2.27. The first kappa shape index (κ1) is 11.2. The molecule has 2 unspecified atom stereocenters. The van der Waals surface area contributed by atoms with Crippen LogP contribution in [-0.2, 0) is 0 Å². The standard InChI is InChI=1S/C12H19NO/c1-4-11(12(14)13(2)3)10-8-6-5-7-9-10/h5-9,11-12,14H,4H2,1-3H3. The Balaban J connectivity index is 2.82. The van der Waals surface area contributed by atoms with Crippen molar-refractivity contribution in [1.82, 2.24) is 4.90 Å². The molecule has 1 rings (SSSR count). The van der Waals surface area contributed by atoms with E-state index in [9.17, 15) is 5.11 Å². The van der Waals surface area contributed by atoms with Gasteiger partial charge in [0, 0.05) is 5.92 Å².